The van der Waals surface area contributed by atoms with Crippen LogP contribution < -0.4 is 4.90 Å². The lowest BCUT2D eigenvalue weighted by Crippen LogP contribution is -2.52. The van der Waals surface area contributed by atoms with E-state index in [2.05, 4.69) is 36.7 Å². The summed E-state index contributed by atoms with van der Waals surface area (Å²) in [4.78, 5) is 14.7. The number of hydrogen-bond acceptors (Lipinski definition) is 2. The molecule has 0 saturated heterocycles. The molecule has 128 valence electrons. The maximum absolute atomic E-state index is 12.9. The lowest BCUT2D eigenvalue weighted by atomic mass is 9.79. The Labute approximate surface area is 152 Å². The third-order valence-electron chi connectivity index (χ3n) is 3.94. The molecule has 0 bridgehead atoms. The van der Waals surface area contributed by atoms with Gasteiger partial charge in [-0.05, 0) is 72.7 Å². The summed E-state index contributed by atoms with van der Waals surface area (Å²) in [5.74, 6) is 0. The molecule has 3 nitrogen and oxygen atoms in total. The summed E-state index contributed by atoms with van der Waals surface area (Å²) < 4.78 is 6.51. The number of carbonyl (C=O) groups excluding carboxylic acids is 1. The van der Waals surface area contributed by atoms with E-state index in [0.29, 0.717) is 5.02 Å². The highest BCUT2D eigenvalue weighted by Crippen LogP contribution is 2.44. The Hall–Kier alpha value is -0.740. The average Bonchev–Trinajstić information content (AvgIpc) is 2.33. The Balaban J connectivity index is 2.54. The van der Waals surface area contributed by atoms with E-state index in [4.69, 9.17) is 16.3 Å². The van der Waals surface area contributed by atoms with Crippen LogP contribution in [0.3, 0.4) is 0 Å². The maximum Gasteiger partial charge on any atom is 0.415 e. The second-order valence-electron chi connectivity index (χ2n) is 8.17. The zero-order chi connectivity index (χ0) is 17.6. The van der Waals surface area contributed by atoms with Crippen LogP contribution in [0.5, 0.6) is 0 Å². The van der Waals surface area contributed by atoms with E-state index in [1.54, 1.807) is 0 Å². The summed E-state index contributed by atoms with van der Waals surface area (Å²) in [6.07, 6.45) is 1.49. The highest BCUT2D eigenvalue weighted by atomic mass is 79.9. The first-order valence-electron chi connectivity index (χ1n) is 7.90. The molecule has 1 unspecified atom stereocenters. The van der Waals surface area contributed by atoms with Crippen LogP contribution in [0.15, 0.2) is 16.6 Å². The Morgan fingerprint density at radius 2 is 1.87 bits per heavy atom. The van der Waals surface area contributed by atoms with Crippen molar-refractivity contribution in [1.29, 1.82) is 0 Å². The van der Waals surface area contributed by atoms with Gasteiger partial charge in [-0.2, -0.15) is 0 Å². The first kappa shape index (κ1) is 18.6. The Morgan fingerprint density at radius 1 is 1.26 bits per heavy atom. The standard InChI is InChI=1S/C18H25BrClNO2/c1-17(2,3)14-8-7-11-9-12(20)10-13(19)15(11)21(14)16(22)23-18(4,5)6/h9-10,14H,7-8H2,1-6H3. The van der Waals surface area contributed by atoms with Crippen molar-refractivity contribution in [3.05, 3.63) is 27.2 Å². The summed E-state index contributed by atoms with van der Waals surface area (Å²) >= 11 is 9.76. The number of aryl methyl sites for hydroxylation is 1. The van der Waals surface area contributed by atoms with E-state index in [1.807, 2.05) is 37.8 Å². The molecule has 1 aliphatic heterocycles. The fraction of sp³-hybridized carbons (Fsp3) is 0.611. The van der Waals surface area contributed by atoms with Crippen molar-refractivity contribution in [2.75, 3.05) is 4.90 Å². The molecule has 1 atom stereocenters. The van der Waals surface area contributed by atoms with E-state index in [0.717, 1.165) is 28.6 Å². The van der Waals surface area contributed by atoms with Crippen LogP contribution in [-0.2, 0) is 11.2 Å². The summed E-state index contributed by atoms with van der Waals surface area (Å²) in [6, 6.07) is 3.85. The van der Waals surface area contributed by atoms with E-state index in [9.17, 15) is 4.79 Å². The number of fused-ring (bicyclic) bond motifs is 1. The van der Waals surface area contributed by atoms with E-state index >= 15 is 0 Å². The summed E-state index contributed by atoms with van der Waals surface area (Å²) in [6.45, 7) is 12.1. The molecule has 0 saturated carbocycles. The fourth-order valence-corrected chi connectivity index (χ4v) is 4.07. The Morgan fingerprint density at radius 3 is 2.39 bits per heavy atom. The molecule has 1 amide bonds. The number of benzene rings is 1. The van der Waals surface area contributed by atoms with Gasteiger partial charge in [-0.1, -0.05) is 32.4 Å². The molecule has 1 aromatic carbocycles. The molecule has 23 heavy (non-hydrogen) atoms. The topological polar surface area (TPSA) is 29.5 Å². The average molecular weight is 403 g/mol. The van der Waals surface area contributed by atoms with Gasteiger partial charge in [0.05, 0.1) is 5.69 Å². The van der Waals surface area contributed by atoms with E-state index in [-0.39, 0.29) is 17.6 Å². The Bertz CT molecular complexity index is 617. The quantitative estimate of drug-likeness (QED) is 0.516. The first-order valence-corrected chi connectivity index (χ1v) is 9.07. The van der Waals surface area contributed by atoms with Gasteiger partial charge in [-0.15, -0.1) is 0 Å². The number of hydrogen-bond donors (Lipinski definition) is 0. The van der Waals surface area contributed by atoms with Gasteiger partial charge in [0.25, 0.3) is 0 Å². The molecule has 0 fully saturated rings. The van der Waals surface area contributed by atoms with Gasteiger partial charge in [0, 0.05) is 15.5 Å². The molecular formula is C18H25BrClNO2. The van der Waals surface area contributed by atoms with Crippen molar-refractivity contribution >= 4 is 39.3 Å². The molecule has 0 radical (unpaired) electrons. The fourth-order valence-electron chi connectivity index (χ4n) is 3.01. The van der Waals surface area contributed by atoms with E-state index < -0.39 is 5.60 Å². The van der Waals surface area contributed by atoms with Crippen LogP contribution in [0.2, 0.25) is 5.02 Å². The minimum absolute atomic E-state index is 0.0479. The summed E-state index contributed by atoms with van der Waals surface area (Å²) in [5.41, 5.74) is 1.38. The second-order valence-corrected chi connectivity index (χ2v) is 9.46. The van der Waals surface area contributed by atoms with Gasteiger partial charge >= 0.3 is 6.09 Å². The van der Waals surface area contributed by atoms with Crippen molar-refractivity contribution in [3.63, 3.8) is 0 Å². The smallest absolute Gasteiger partial charge is 0.415 e. The summed E-state index contributed by atoms with van der Waals surface area (Å²) in [7, 11) is 0. The molecule has 0 spiro atoms. The maximum atomic E-state index is 12.9. The number of ether oxygens (including phenoxy) is 1. The van der Waals surface area contributed by atoms with E-state index in [1.165, 1.54) is 0 Å². The van der Waals surface area contributed by atoms with Gasteiger partial charge in [0.2, 0.25) is 0 Å². The third kappa shape index (κ3) is 4.21. The number of nitrogens with zero attached hydrogens (tertiary/aromatic N) is 1. The zero-order valence-corrected chi connectivity index (χ0v) is 17.0. The number of carbonyl (C=O) groups is 1. The van der Waals surface area contributed by atoms with Crippen LogP contribution in [0.25, 0.3) is 0 Å². The normalized spacial score (nSPS) is 18.6. The molecule has 1 aromatic rings. The van der Waals surface area contributed by atoms with Crippen molar-refractivity contribution in [2.24, 2.45) is 5.41 Å². The lowest BCUT2D eigenvalue weighted by molar-refractivity contribution is 0.0531. The molecule has 0 aliphatic carbocycles. The van der Waals surface area contributed by atoms with Crippen molar-refractivity contribution in [2.45, 2.75) is 66.0 Å². The third-order valence-corrected chi connectivity index (χ3v) is 4.76. The summed E-state index contributed by atoms with van der Waals surface area (Å²) in [5, 5.41) is 0.675. The van der Waals surface area contributed by atoms with Crippen LogP contribution in [0.4, 0.5) is 10.5 Å². The predicted molar refractivity (Wildman–Crippen MR) is 99.4 cm³/mol. The largest absolute Gasteiger partial charge is 0.443 e. The van der Waals surface area contributed by atoms with Gasteiger partial charge in [0.15, 0.2) is 0 Å². The minimum Gasteiger partial charge on any atom is -0.443 e. The molecule has 0 aromatic heterocycles. The van der Waals surface area contributed by atoms with Gasteiger partial charge in [-0.3, -0.25) is 4.90 Å². The molecule has 1 aliphatic rings. The monoisotopic (exact) mass is 401 g/mol. The van der Waals surface area contributed by atoms with Crippen molar-refractivity contribution < 1.29 is 9.53 Å². The van der Waals surface area contributed by atoms with Crippen LogP contribution in [0.1, 0.15) is 53.5 Å². The second kappa shape index (κ2) is 6.29. The van der Waals surface area contributed by atoms with Crippen LogP contribution in [-0.4, -0.2) is 17.7 Å². The Kier molecular flexibility index (Phi) is 5.08. The van der Waals surface area contributed by atoms with Crippen molar-refractivity contribution in [1.82, 2.24) is 0 Å². The minimum atomic E-state index is -0.532. The van der Waals surface area contributed by atoms with Crippen molar-refractivity contribution in [3.8, 4) is 0 Å². The zero-order valence-electron chi connectivity index (χ0n) is 14.7. The number of rotatable bonds is 0. The first-order chi connectivity index (χ1) is 10.4. The number of amides is 1. The SMILES string of the molecule is CC(C)(C)OC(=O)N1c2c(Br)cc(Cl)cc2CCC1C(C)(C)C. The number of halogens is 2. The highest BCUT2D eigenvalue weighted by molar-refractivity contribution is 9.10. The molecule has 2 rings (SSSR count). The van der Waals surface area contributed by atoms with Gasteiger partial charge < -0.3 is 4.74 Å². The lowest BCUT2D eigenvalue weighted by Gasteiger charge is -2.44. The van der Waals surface area contributed by atoms with Gasteiger partial charge in [0.1, 0.15) is 5.60 Å². The van der Waals surface area contributed by atoms with Crippen LogP contribution >= 0.6 is 27.5 Å². The van der Waals surface area contributed by atoms with Crippen LogP contribution in [0, 0.1) is 5.41 Å². The molecule has 1 heterocycles. The highest BCUT2D eigenvalue weighted by Gasteiger charge is 2.41. The molecule has 0 N–H and O–H groups in total. The molecular weight excluding hydrogens is 378 g/mol. The number of anilines is 1. The van der Waals surface area contributed by atoms with Gasteiger partial charge in [-0.25, -0.2) is 4.79 Å². The predicted octanol–water partition coefficient (Wildman–Crippen LogP) is 6.20. The molecule has 5 heteroatoms.